The van der Waals surface area contributed by atoms with E-state index in [0.29, 0.717) is 13.2 Å². The van der Waals surface area contributed by atoms with Gasteiger partial charge in [-0.2, -0.15) is 0 Å². The van der Waals surface area contributed by atoms with Crippen LogP contribution in [0.15, 0.2) is 30.3 Å². The van der Waals surface area contributed by atoms with Gasteiger partial charge < -0.3 is 9.47 Å². The third kappa shape index (κ3) is 2.40. The molecular weight excluding hydrogens is 183 g/mol. The highest BCUT2D eigenvalue weighted by atomic mass is 19.1. The molecule has 1 aromatic carbocycles. The van der Waals surface area contributed by atoms with Crippen LogP contribution in [0, 0.1) is 5.82 Å². The third-order valence-electron chi connectivity index (χ3n) is 1.94. The van der Waals surface area contributed by atoms with Crippen molar-refractivity contribution in [3.05, 3.63) is 41.7 Å². The zero-order valence-electron chi connectivity index (χ0n) is 7.65. The van der Waals surface area contributed by atoms with Gasteiger partial charge in [0.05, 0.1) is 13.2 Å². The summed E-state index contributed by atoms with van der Waals surface area (Å²) in [5, 5.41) is 0. The van der Waals surface area contributed by atoms with Crippen molar-refractivity contribution in [3.8, 4) is 0 Å². The summed E-state index contributed by atoms with van der Waals surface area (Å²) in [7, 11) is 0. The number of benzene rings is 1. The molecule has 0 unspecified atom stereocenters. The van der Waals surface area contributed by atoms with Gasteiger partial charge in [0.2, 0.25) is 0 Å². The number of halogens is 1. The van der Waals surface area contributed by atoms with Gasteiger partial charge in [0.15, 0.2) is 6.29 Å². The van der Waals surface area contributed by atoms with E-state index in [4.69, 9.17) is 9.47 Å². The minimum atomic E-state index is -0.279. The van der Waals surface area contributed by atoms with E-state index in [0.717, 1.165) is 5.56 Å². The fourth-order valence-corrected chi connectivity index (χ4v) is 1.29. The molecule has 1 fully saturated rings. The lowest BCUT2D eigenvalue weighted by molar-refractivity contribution is -0.000908. The Bertz CT molecular complexity index is 330. The molecule has 0 atom stereocenters. The maximum absolute atomic E-state index is 12.8. The van der Waals surface area contributed by atoms with Crippen LogP contribution in [-0.4, -0.2) is 19.5 Å². The summed E-state index contributed by atoms with van der Waals surface area (Å²) in [6.45, 7) is 1.25. The van der Waals surface area contributed by atoms with Crippen LogP contribution in [0.2, 0.25) is 0 Å². The van der Waals surface area contributed by atoms with Gasteiger partial charge in [0.1, 0.15) is 5.82 Å². The number of ether oxygens (including phenoxy) is 2. The van der Waals surface area contributed by atoms with Crippen LogP contribution in [0.25, 0.3) is 6.08 Å². The molecule has 1 aliphatic rings. The van der Waals surface area contributed by atoms with E-state index < -0.39 is 0 Å². The van der Waals surface area contributed by atoms with E-state index in [1.54, 1.807) is 18.2 Å². The van der Waals surface area contributed by atoms with E-state index >= 15 is 0 Å². The fourth-order valence-electron chi connectivity index (χ4n) is 1.29. The van der Waals surface area contributed by atoms with E-state index in [-0.39, 0.29) is 12.1 Å². The standard InChI is InChI=1S/C11H11FO2/c12-10-3-1-2-9(8-10)4-5-11-13-6-7-14-11/h1-5,8,11H,6-7H2. The molecule has 1 aromatic rings. The van der Waals surface area contributed by atoms with Crippen molar-refractivity contribution in [1.82, 2.24) is 0 Å². The molecule has 14 heavy (non-hydrogen) atoms. The zero-order valence-corrected chi connectivity index (χ0v) is 7.65. The molecular formula is C11H11FO2. The predicted molar refractivity (Wildman–Crippen MR) is 51.1 cm³/mol. The lowest BCUT2D eigenvalue weighted by atomic mass is 10.2. The Balaban J connectivity index is 2.02. The Kier molecular flexibility index (Phi) is 2.91. The monoisotopic (exact) mass is 194 g/mol. The van der Waals surface area contributed by atoms with E-state index in [1.165, 1.54) is 12.1 Å². The summed E-state index contributed by atoms with van der Waals surface area (Å²) in [5.41, 5.74) is 0.809. The zero-order chi connectivity index (χ0) is 9.80. The average Bonchev–Trinajstić information content (AvgIpc) is 2.67. The van der Waals surface area contributed by atoms with Gasteiger partial charge in [0.25, 0.3) is 0 Å². The number of hydrogen-bond donors (Lipinski definition) is 0. The first kappa shape index (κ1) is 9.37. The highest BCUT2D eigenvalue weighted by Gasteiger charge is 2.11. The summed E-state index contributed by atoms with van der Waals surface area (Å²) < 4.78 is 23.2. The smallest absolute Gasteiger partial charge is 0.177 e. The summed E-state index contributed by atoms with van der Waals surface area (Å²) in [6, 6.07) is 6.38. The largest absolute Gasteiger partial charge is 0.347 e. The third-order valence-corrected chi connectivity index (χ3v) is 1.94. The highest BCUT2D eigenvalue weighted by molar-refractivity contribution is 5.49. The lowest BCUT2D eigenvalue weighted by Crippen LogP contribution is -2.01. The van der Waals surface area contributed by atoms with Gasteiger partial charge in [-0.3, -0.25) is 0 Å². The van der Waals surface area contributed by atoms with Gasteiger partial charge in [0, 0.05) is 0 Å². The predicted octanol–water partition coefficient (Wildman–Crippen LogP) is 2.21. The van der Waals surface area contributed by atoms with Crippen LogP contribution < -0.4 is 0 Å². The Morgan fingerprint density at radius 2 is 2.07 bits per heavy atom. The minimum Gasteiger partial charge on any atom is -0.347 e. The summed E-state index contributed by atoms with van der Waals surface area (Å²) in [5.74, 6) is -0.236. The molecule has 0 bridgehead atoms. The molecule has 1 aliphatic heterocycles. The number of rotatable bonds is 2. The van der Waals surface area contributed by atoms with Crippen LogP contribution in [0.3, 0.4) is 0 Å². The topological polar surface area (TPSA) is 18.5 Å². The summed E-state index contributed by atoms with van der Waals surface area (Å²) in [6.07, 6.45) is 3.29. The lowest BCUT2D eigenvalue weighted by Gasteiger charge is -2.01. The van der Waals surface area contributed by atoms with Gasteiger partial charge in [-0.05, 0) is 23.8 Å². The molecule has 3 heteroatoms. The molecule has 1 heterocycles. The minimum absolute atomic E-state index is 0.236. The first-order valence-corrected chi connectivity index (χ1v) is 4.51. The maximum Gasteiger partial charge on any atom is 0.177 e. The molecule has 0 N–H and O–H groups in total. The maximum atomic E-state index is 12.8. The van der Waals surface area contributed by atoms with E-state index in [1.807, 2.05) is 6.07 Å². The SMILES string of the molecule is Fc1cccc(C=CC2OCCO2)c1. The molecule has 0 saturated carbocycles. The fraction of sp³-hybridized carbons (Fsp3) is 0.273. The van der Waals surface area contributed by atoms with E-state index in [9.17, 15) is 4.39 Å². The van der Waals surface area contributed by atoms with Crippen molar-refractivity contribution in [2.24, 2.45) is 0 Å². The van der Waals surface area contributed by atoms with Gasteiger partial charge >= 0.3 is 0 Å². The molecule has 2 nitrogen and oxygen atoms in total. The Labute approximate surface area is 82.0 Å². The van der Waals surface area contributed by atoms with Crippen LogP contribution in [0.5, 0.6) is 0 Å². The van der Waals surface area contributed by atoms with Crippen LogP contribution in [0.4, 0.5) is 4.39 Å². The van der Waals surface area contributed by atoms with Crippen LogP contribution >= 0.6 is 0 Å². The van der Waals surface area contributed by atoms with Crippen molar-refractivity contribution >= 4 is 6.08 Å². The quantitative estimate of drug-likeness (QED) is 0.718. The van der Waals surface area contributed by atoms with Gasteiger partial charge in [-0.25, -0.2) is 4.39 Å². The first-order chi connectivity index (χ1) is 6.84. The Morgan fingerprint density at radius 3 is 2.79 bits per heavy atom. The van der Waals surface area contributed by atoms with Crippen molar-refractivity contribution in [3.63, 3.8) is 0 Å². The first-order valence-electron chi connectivity index (χ1n) is 4.51. The van der Waals surface area contributed by atoms with Crippen LogP contribution in [0.1, 0.15) is 5.56 Å². The van der Waals surface area contributed by atoms with Crippen molar-refractivity contribution in [2.75, 3.05) is 13.2 Å². The normalized spacial score (nSPS) is 18.1. The highest BCUT2D eigenvalue weighted by Crippen LogP contribution is 2.09. The average molecular weight is 194 g/mol. The molecule has 74 valence electrons. The van der Waals surface area contributed by atoms with Gasteiger partial charge in [-0.15, -0.1) is 0 Å². The Morgan fingerprint density at radius 1 is 1.29 bits per heavy atom. The van der Waals surface area contributed by atoms with E-state index in [2.05, 4.69) is 0 Å². The second-order valence-corrected chi connectivity index (χ2v) is 3.02. The molecule has 0 amide bonds. The van der Waals surface area contributed by atoms with Crippen molar-refractivity contribution in [2.45, 2.75) is 6.29 Å². The molecule has 2 rings (SSSR count). The second-order valence-electron chi connectivity index (χ2n) is 3.02. The van der Waals surface area contributed by atoms with Crippen molar-refractivity contribution < 1.29 is 13.9 Å². The van der Waals surface area contributed by atoms with Gasteiger partial charge in [-0.1, -0.05) is 18.2 Å². The Hall–Kier alpha value is -1.19. The summed E-state index contributed by atoms with van der Waals surface area (Å²) in [4.78, 5) is 0. The van der Waals surface area contributed by atoms with Crippen molar-refractivity contribution in [1.29, 1.82) is 0 Å². The summed E-state index contributed by atoms with van der Waals surface area (Å²) >= 11 is 0. The molecule has 1 saturated heterocycles. The second kappa shape index (κ2) is 4.35. The molecule has 0 aromatic heterocycles. The molecule has 0 aliphatic carbocycles. The molecule has 0 radical (unpaired) electrons. The van der Waals surface area contributed by atoms with Crippen LogP contribution in [-0.2, 0) is 9.47 Å². The number of hydrogen-bond acceptors (Lipinski definition) is 2. The molecule has 0 spiro atoms.